The van der Waals surface area contributed by atoms with E-state index in [2.05, 4.69) is 5.32 Å². The molecule has 1 aromatic rings. The summed E-state index contributed by atoms with van der Waals surface area (Å²) in [5, 5.41) is 11.1. The first kappa shape index (κ1) is 12.7. The summed E-state index contributed by atoms with van der Waals surface area (Å²) in [5.74, 6) is -0.848. The quantitative estimate of drug-likeness (QED) is 0.768. The van der Waals surface area contributed by atoms with Gasteiger partial charge in [0.15, 0.2) is 0 Å². The number of hydrogen-bond acceptors (Lipinski definition) is 3. The van der Waals surface area contributed by atoms with Crippen LogP contribution in [0, 0.1) is 11.3 Å². The lowest BCUT2D eigenvalue weighted by molar-refractivity contribution is -0.126. The maximum absolute atomic E-state index is 11.5. The molecule has 5 nitrogen and oxygen atoms in total. The number of nitriles is 1. The molecule has 0 aliphatic carbocycles. The molecule has 1 rings (SSSR count). The van der Waals surface area contributed by atoms with Crippen LogP contribution in [0.3, 0.4) is 0 Å². The lowest BCUT2D eigenvalue weighted by atomic mass is 10.1. The van der Waals surface area contributed by atoms with Crippen LogP contribution in [0.1, 0.15) is 18.1 Å². The van der Waals surface area contributed by atoms with Gasteiger partial charge >= 0.3 is 0 Å². The van der Waals surface area contributed by atoms with Gasteiger partial charge in [-0.25, -0.2) is 0 Å². The normalized spacial score (nSPS) is 11.3. The molecule has 17 heavy (non-hydrogen) atoms. The van der Waals surface area contributed by atoms with E-state index in [0.29, 0.717) is 5.56 Å². The Balaban J connectivity index is 2.56. The molecular weight excluding hydrogens is 218 g/mol. The molecule has 0 aromatic heterocycles. The number of primary amides is 1. The van der Waals surface area contributed by atoms with E-state index in [1.54, 1.807) is 24.3 Å². The highest BCUT2D eigenvalue weighted by atomic mass is 16.2. The summed E-state index contributed by atoms with van der Waals surface area (Å²) in [6.45, 7) is 1.53. The summed E-state index contributed by atoms with van der Waals surface area (Å²) in [6, 6.07) is 7.99. The van der Waals surface area contributed by atoms with Crippen molar-refractivity contribution >= 4 is 11.8 Å². The average molecular weight is 231 g/mol. The molecule has 0 fully saturated rings. The van der Waals surface area contributed by atoms with Crippen LogP contribution < -0.4 is 11.1 Å². The highest BCUT2D eigenvalue weighted by Gasteiger charge is 2.12. The first-order valence-electron chi connectivity index (χ1n) is 5.10. The van der Waals surface area contributed by atoms with Gasteiger partial charge in [-0.1, -0.05) is 12.1 Å². The fourth-order valence-electron chi connectivity index (χ4n) is 1.25. The minimum absolute atomic E-state index is 0.156. The van der Waals surface area contributed by atoms with Gasteiger partial charge in [0.25, 0.3) is 0 Å². The fraction of sp³-hybridized carbons (Fsp3) is 0.250. The van der Waals surface area contributed by atoms with Gasteiger partial charge in [0.1, 0.15) is 6.04 Å². The number of carbonyl (C=O) groups is 2. The van der Waals surface area contributed by atoms with Gasteiger partial charge in [-0.15, -0.1) is 0 Å². The van der Waals surface area contributed by atoms with Crippen molar-refractivity contribution < 1.29 is 9.59 Å². The van der Waals surface area contributed by atoms with Crippen LogP contribution in [0.4, 0.5) is 0 Å². The highest BCUT2D eigenvalue weighted by molar-refractivity contribution is 5.87. The van der Waals surface area contributed by atoms with Gasteiger partial charge in [-0.3, -0.25) is 9.59 Å². The van der Waals surface area contributed by atoms with E-state index < -0.39 is 11.9 Å². The van der Waals surface area contributed by atoms with Crippen LogP contribution in [-0.2, 0) is 16.0 Å². The van der Waals surface area contributed by atoms with Crippen LogP contribution in [0.15, 0.2) is 24.3 Å². The molecule has 88 valence electrons. The van der Waals surface area contributed by atoms with Gasteiger partial charge < -0.3 is 11.1 Å². The molecule has 0 saturated heterocycles. The van der Waals surface area contributed by atoms with Crippen molar-refractivity contribution in [1.82, 2.24) is 5.32 Å². The molecule has 5 heteroatoms. The van der Waals surface area contributed by atoms with E-state index in [0.717, 1.165) is 5.56 Å². The summed E-state index contributed by atoms with van der Waals surface area (Å²) < 4.78 is 0. The number of nitrogens with zero attached hydrogens (tertiary/aromatic N) is 1. The van der Waals surface area contributed by atoms with Gasteiger partial charge in [0.2, 0.25) is 11.8 Å². The number of carbonyl (C=O) groups excluding carboxylic acids is 2. The van der Waals surface area contributed by atoms with Crippen molar-refractivity contribution in [3.63, 3.8) is 0 Å². The maximum Gasteiger partial charge on any atom is 0.239 e. The van der Waals surface area contributed by atoms with E-state index in [-0.39, 0.29) is 12.3 Å². The van der Waals surface area contributed by atoms with Gasteiger partial charge in [-0.2, -0.15) is 5.26 Å². The molecule has 0 bridgehead atoms. The monoisotopic (exact) mass is 231 g/mol. The minimum Gasteiger partial charge on any atom is -0.368 e. The SMILES string of the molecule is CC(NC(=O)Cc1ccc(C#N)cc1)C(N)=O. The van der Waals surface area contributed by atoms with Crippen molar-refractivity contribution in [3.8, 4) is 6.07 Å². The Morgan fingerprint density at radius 3 is 2.47 bits per heavy atom. The highest BCUT2D eigenvalue weighted by Crippen LogP contribution is 2.04. The molecule has 0 saturated carbocycles. The molecule has 1 atom stereocenters. The van der Waals surface area contributed by atoms with Crippen molar-refractivity contribution in [3.05, 3.63) is 35.4 Å². The molecule has 0 aliphatic rings. The predicted octanol–water partition coefficient (Wildman–Crippen LogP) is 0.0908. The third kappa shape index (κ3) is 3.95. The summed E-state index contributed by atoms with van der Waals surface area (Å²) >= 11 is 0. The van der Waals surface area contributed by atoms with E-state index in [1.807, 2.05) is 6.07 Å². The molecule has 3 N–H and O–H groups in total. The van der Waals surface area contributed by atoms with E-state index in [4.69, 9.17) is 11.0 Å². The number of nitrogens with one attached hydrogen (secondary N) is 1. The second kappa shape index (κ2) is 5.66. The maximum atomic E-state index is 11.5. The zero-order valence-corrected chi connectivity index (χ0v) is 9.43. The topological polar surface area (TPSA) is 96.0 Å². The van der Waals surface area contributed by atoms with Crippen molar-refractivity contribution in [2.75, 3.05) is 0 Å². The van der Waals surface area contributed by atoms with E-state index in [1.165, 1.54) is 6.92 Å². The first-order valence-corrected chi connectivity index (χ1v) is 5.10. The average Bonchev–Trinajstić information content (AvgIpc) is 2.29. The Hall–Kier alpha value is -2.35. The number of benzene rings is 1. The van der Waals surface area contributed by atoms with Gasteiger partial charge in [0, 0.05) is 0 Å². The smallest absolute Gasteiger partial charge is 0.239 e. The lowest BCUT2D eigenvalue weighted by Gasteiger charge is -2.09. The van der Waals surface area contributed by atoms with Gasteiger partial charge in [0.05, 0.1) is 18.1 Å². The van der Waals surface area contributed by atoms with Crippen LogP contribution in [0.5, 0.6) is 0 Å². The third-order valence-electron chi connectivity index (χ3n) is 2.25. The Morgan fingerprint density at radius 2 is 2.00 bits per heavy atom. The molecule has 0 heterocycles. The second-order valence-electron chi connectivity index (χ2n) is 3.68. The Kier molecular flexibility index (Phi) is 4.23. The molecule has 0 spiro atoms. The third-order valence-corrected chi connectivity index (χ3v) is 2.25. The van der Waals surface area contributed by atoms with Crippen LogP contribution in [-0.4, -0.2) is 17.9 Å². The number of hydrogen-bond donors (Lipinski definition) is 2. The number of amides is 2. The summed E-state index contributed by atoms with van der Waals surface area (Å²) in [4.78, 5) is 22.2. The lowest BCUT2D eigenvalue weighted by Crippen LogP contribution is -2.42. The predicted molar refractivity (Wildman–Crippen MR) is 61.7 cm³/mol. The van der Waals surface area contributed by atoms with Crippen molar-refractivity contribution in [2.45, 2.75) is 19.4 Å². The van der Waals surface area contributed by atoms with E-state index in [9.17, 15) is 9.59 Å². The van der Waals surface area contributed by atoms with Crippen LogP contribution in [0.2, 0.25) is 0 Å². The van der Waals surface area contributed by atoms with Crippen LogP contribution >= 0.6 is 0 Å². The van der Waals surface area contributed by atoms with Crippen LogP contribution in [0.25, 0.3) is 0 Å². The standard InChI is InChI=1S/C12H13N3O2/c1-8(12(14)17)15-11(16)6-9-2-4-10(7-13)5-3-9/h2-5,8H,6H2,1H3,(H2,14,17)(H,15,16). The zero-order chi connectivity index (χ0) is 12.8. The molecule has 0 aliphatic heterocycles. The molecule has 0 radical (unpaired) electrons. The minimum atomic E-state index is -0.680. The molecule has 2 amide bonds. The second-order valence-corrected chi connectivity index (χ2v) is 3.68. The Bertz CT molecular complexity index is 460. The molecular formula is C12H13N3O2. The zero-order valence-electron chi connectivity index (χ0n) is 9.43. The number of nitrogens with two attached hydrogens (primary N) is 1. The number of rotatable bonds is 4. The molecule has 1 aromatic carbocycles. The van der Waals surface area contributed by atoms with Crippen molar-refractivity contribution in [2.24, 2.45) is 5.73 Å². The van der Waals surface area contributed by atoms with Gasteiger partial charge in [-0.05, 0) is 24.6 Å². The summed E-state index contributed by atoms with van der Waals surface area (Å²) in [5.41, 5.74) is 6.34. The van der Waals surface area contributed by atoms with E-state index >= 15 is 0 Å². The largest absolute Gasteiger partial charge is 0.368 e. The fourth-order valence-corrected chi connectivity index (χ4v) is 1.25. The first-order chi connectivity index (χ1) is 8.02. The Morgan fingerprint density at radius 1 is 1.41 bits per heavy atom. The van der Waals surface area contributed by atoms with Crippen molar-refractivity contribution in [1.29, 1.82) is 5.26 Å². The summed E-state index contributed by atoms with van der Waals surface area (Å²) in [6.07, 6.45) is 0.156. The Labute approximate surface area is 99.2 Å². The summed E-state index contributed by atoms with van der Waals surface area (Å²) in [7, 11) is 0. The molecule has 1 unspecified atom stereocenters.